The summed E-state index contributed by atoms with van der Waals surface area (Å²) in [6.07, 6.45) is 0.711. The summed E-state index contributed by atoms with van der Waals surface area (Å²) in [5, 5.41) is 4.00. The number of amides is 2. The summed E-state index contributed by atoms with van der Waals surface area (Å²) in [5.41, 5.74) is 1.91. The Bertz CT molecular complexity index is 855. The molecule has 1 heterocycles. The Morgan fingerprint density at radius 3 is 2.69 bits per heavy atom. The van der Waals surface area contributed by atoms with Gasteiger partial charge in [0, 0.05) is 19.0 Å². The molecule has 1 N–H and O–H groups in total. The first-order valence-electron chi connectivity index (χ1n) is 8.71. The smallest absolute Gasteiger partial charge is 0.317 e. The van der Waals surface area contributed by atoms with E-state index in [1.54, 1.807) is 19.1 Å². The Balaban J connectivity index is 1.58. The zero-order valence-corrected chi connectivity index (χ0v) is 15.4. The molecular formula is C21H24N2O3. The Kier molecular flexibility index (Phi) is 5.46. The molecule has 26 heavy (non-hydrogen) atoms. The van der Waals surface area contributed by atoms with Gasteiger partial charge in [0.15, 0.2) is 0 Å². The molecule has 3 rings (SSSR count). The van der Waals surface area contributed by atoms with Gasteiger partial charge in [-0.25, -0.2) is 4.79 Å². The number of carbonyl (C=O) groups excluding carboxylic acids is 1. The van der Waals surface area contributed by atoms with Crippen molar-refractivity contribution in [2.75, 3.05) is 20.7 Å². The van der Waals surface area contributed by atoms with Crippen LogP contribution in [0.1, 0.15) is 24.3 Å². The maximum atomic E-state index is 12.5. The SMILES string of the molecule is COc1ccccc1CCNC(=O)N(C)[C@H](C)c1cc2ccccc2o1. The van der Waals surface area contributed by atoms with Gasteiger partial charge < -0.3 is 19.4 Å². The number of urea groups is 1. The third-order valence-corrected chi connectivity index (χ3v) is 4.62. The van der Waals surface area contributed by atoms with Gasteiger partial charge in [-0.1, -0.05) is 36.4 Å². The summed E-state index contributed by atoms with van der Waals surface area (Å²) < 4.78 is 11.2. The number of methoxy groups -OCH3 is 1. The van der Waals surface area contributed by atoms with E-state index in [-0.39, 0.29) is 12.1 Å². The van der Waals surface area contributed by atoms with Gasteiger partial charge in [0.05, 0.1) is 13.2 Å². The lowest BCUT2D eigenvalue weighted by Gasteiger charge is -2.23. The molecule has 0 unspecified atom stereocenters. The Hall–Kier alpha value is -2.95. The average molecular weight is 352 g/mol. The third kappa shape index (κ3) is 3.82. The van der Waals surface area contributed by atoms with Gasteiger partial charge in [-0.3, -0.25) is 0 Å². The zero-order chi connectivity index (χ0) is 18.5. The highest BCUT2D eigenvalue weighted by Crippen LogP contribution is 2.26. The van der Waals surface area contributed by atoms with Gasteiger partial charge in [0.2, 0.25) is 0 Å². The second-order valence-corrected chi connectivity index (χ2v) is 6.27. The van der Waals surface area contributed by atoms with E-state index >= 15 is 0 Å². The summed E-state index contributed by atoms with van der Waals surface area (Å²) in [6, 6.07) is 17.4. The fourth-order valence-corrected chi connectivity index (χ4v) is 2.91. The van der Waals surface area contributed by atoms with Crippen molar-refractivity contribution in [2.24, 2.45) is 0 Å². The maximum absolute atomic E-state index is 12.5. The number of benzene rings is 2. The van der Waals surface area contributed by atoms with Crippen LogP contribution in [0.4, 0.5) is 4.79 Å². The van der Waals surface area contributed by atoms with Crippen LogP contribution in [0.2, 0.25) is 0 Å². The van der Waals surface area contributed by atoms with Crippen LogP contribution >= 0.6 is 0 Å². The van der Waals surface area contributed by atoms with E-state index in [1.165, 1.54) is 0 Å². The van der Waals surface area contributed by atoms with Crippen LogP contribution in [0.5, 0.6) is 5.75 Å². The second kappa shape index (κ2) is 7.95. The van der Waals surface area contributed by atoms with Crippen molar-refractivity contribution in [3.05, 3.63) is 65.9 Å². The van der Waals surface area contributed by atoms with E-state index in [0.717, 1.165) is 28.0 Å². The molecule has 1 aromatic heterocycles. The van der Waals surface area contributed by atoms with Crippen molar-refractivity contribution in [1.82, 2.24) is 10.2 Å². The van der Waals surface area contributed by atoms with Gasteiger partial charge >= 0.3 is 6.03 Å². The first-order chi connectivity index (χ1) is 12.6. The molecule has 0 fully saturated rings. The van der Waals surface area contributed by atoms with E-state index in [1.807, 2.05) is 61.5 Å². The van der Waals surface area contributed by atoms with Gasteiger partial charge in [-0.2, -0.15) is 0 Å². The van der Waals surface area contributed by atoms with Crippen molar-refractivity contribution in [2.45, 2.75) is 19.4 Å². The molecule has 0 aliphatic heterocycles. The highest BCUT2D eigenvalue weighted by molar-refractivity contribution is 5.78. The normalized spacial score (nSPS) is 12.0. The molecule has 0 aliphatic carbocycles. The number of nitrogens with one attached hydrogen (secondary N) is 1. The van der Waals surface area contributed by atoms with Crippen molar-refractivity contribution in [3.8, 4) is 5.75 Å². The zero-order valence-electron chi connectivity index (χ0n) is 15.4. The van der Waals surface area contributed by atoms with E-state index < -0.39 is 0 Å². The predicted octanol–water partition coefficient (Wildman–Crippen LogP) is 4.39. The number of fused-ring (bicyclic) bond motifs is 1. The number of ether oxygens (including phenoxy) is 1. The first kappa shape index (κ1) is 17.9. The van der Waals surface area contributed by atoms with Gasteiger partial charge in [0.25, 0.3) is 0 Å². The minimum Gasteiger partial charge on any atom is -0.496 e. The van der Waals surface area contributed by atoms with Crippen molar-refractivity contribution < 1.29 is 13.9 Å². The van der Waals surface area contributed by atoms with Crippen LogP contribution < -0.4 is 10.1 Å². The number of nitrogens with zero attached hydrogens (tertiary/aromatic N) is 1. The minimum atomic E-state index is -0.159. The van der Waals surface area contributed by atoms with E-state index in [9.17, 15) is 4.79 Å². The van der Waals surface area contributed by atoms with Gasteiger partial charge in [0.1, 0.15) is 17.1 Å². The highest BCUT2D eigenvalue weighted by Gasteiger charge is 2.20. The molecule has 0 bridgehead atoms. The molecule has 5 heteroatoms. The summed E-state index contributed by atoms with van der Waals surface area (Å²) in [6.45, 7) is 2.49. The summed E-state index contributed by atoms with van der Waals surface area (Å²) >= 11 is 0. The molecule has 5 nitrogen and oxygen atoms in total. The Morgan fingerprint density at radius 2 is 1.92 bits per heavy atom. The Morgan fingerprint density at radius 1 is 1.19 bits per heavy atom. The number of carbonyl (C=O) groups is 1. The molecule has 0 radical (unpaired) electrons. The van der Waals surface area contributed by atoms with E-state index in [0.29, 0.717) is 13.0 Å². The van der Waals surface area contributed by atoms with Gasteiger partial charge in [-0.05, 0) is 37.1 Å². The standard InChI is InChI=1S/C21H24N2O3/c1-15(20-14-17-9-5-7-11-19(17)26-20)23(2)21(24)22-13-12-16-8-4-6-10-18(16)25-3/h4-11,14-15H,12-13H2,1-3H3,(H,22,24)/t15-/m1/s1. The van der Waals surface area contributed by atoms with Gasteiger partial charge in [-0.15, -0.1) is 0 Å². The fraction of sp³-hybridized carbons (Fsp3) is 0.286. The summed E-state index contributed by atoms with van der Waals surface area (Å²) in [5.74, 6) is 1.61. The maximum Gasteiger partial charge on any atom is 0.317 e. The molecule has 136 valence electrons. The molecule has 2 amide bonds. The minimum absolute atomic E-state index is 0.132. The van der Waals surface area contributed by atoms with Crippen LogP contribution in [-0.2, 0) is 6.42 Å². The molecule has 0 spiro atoms. The average Bonchev–Trinajstić information content (AvgIpc) is 3.11. The van der Waals surface area contributed by atoms with Crippen molar-refractivity contribution in [3.63, 3.8) is 0 Å². The van der Waals surface area contributed by atoms with Crippen LogP contribution in [0.3, 0.4) is 0 Å². The first-order valence-corrected chi connectivity index (χ1v) is 8.71. The Labute approximate surface area is 153 Å². The number of hydrogen-bond donors (Lipinski definition) is 1. The lowest BCUT2D eigenvalue weighted by atomic mass is 10.1. The topological polar surface area (TPSA) is 54.7 Å². The van der Waals surface area contributed by atoms with Crippen LogP contribution in [-0.4, -0.2) is 31.6 Å². The fourth-order valence-electron chi connectivity index (χ4n) is 2.91. The lowest BCUT2D eigenvalue weighted by molar-refractivity contribution is 0.188. The molecule has 0 saturated heterocycles. The highest BCUT2D eigenvalue weighted by atomic mass is 16.5. The van der Waals surface area contributed by atoms with E-state index in [2.05, 4.69) is 5.32 Å². The number of rotatable bonds is 6. The third-order valence-electron chi connectivity index (χ3n) is 4.62. The van der Waals surface area contributed by atoms with Crippen molar-refractivity contribution in [1.29, 1.82) is 0 Å². The predicted molar refractivity (Wildman–Crippen MR) is 102 cm³/mol. The number of para-hydroxylation sites is 2. The van der Waals surface area contributed by atoms with E-state index in [4.69, 9.17) is 9.15 Å². The molecule has 3 aromatic rings. The monoisotopic (exact) mass is 352 g/mol. The summed E-state index contributed by atoms with van der Waals surface area (Å²) in [4.78, 5) is 14.1. The molecule has 0 aliphatic rings. The number of hydrogen-bond acceptors (Lipinski definition) is 3. The van der Waals surface area contributed by atoms with Crippen molar-refractivity contribution >= 4 is 17.0 Å². The van der Waals surface area contributed by atoms with Crippen LogP contribution in [0, 0.1) is 0 Å². The van der Waals surface area contributed by atoms with Crippen LogP contribution in [0.15, 0.2) is 59.0 Å². The molecule has 1 atom stereocenters. The molecule has 2 aromatic carbocycles. The quantitative estimate of drug-likeness (QED) is 0.716. The molecule has 0 saturated carbocycles. The number of furan rings is 1. The van der Waals surface area contributed by atoms with Crippen LogP contribution in [0.25, 0.3) is 11.0 Å². The largest absolute Gasteiger partial charge is 0.496 e. The molecular weight excluding hydrogens is 328 g/mol. The lowest BCUT2D eigenvalue weighted by Crippen LogP contribution is -2.39. The second-order valence-electron chi connectivity index (χ2n) is 6.27. The summed E-state index contributed by atoms with van der Waals surface area (Å²) in [7, 11) is 3.43.